The summed E-state index contributed by atoms with van der Waals surface area (Å²) in [5, 5.41) is 14.2. The molecule has 0 aromatic carbocycles. The molecule has 2 N–H and O–H groups in total. The van der Waals surface area contributed by atoms with Gasteiger partial charge >= 0.3 is 0 Å². The summed E-state index contributed by atoms with van der Waals surface area (Å²) in [5.74, 6) is 5.57. The van der Waals surface area contributed by atoms with Gasteiger partial charge in [0, 0.05) is 12.5 Å². The zero-order valence-electron chi connectivity index (χ0n) is 20.2. The van der Waals surface area contributed by atoms with Gasteiger partial charge in [-0.05, 0) is 111 Å². The van der Waals surface area contributed by atoms with Gasteiger partial charge < -0.3 is 9.84 Å². The number of aliphatic hydroxyl groups excluding tert-OH is 1. The molecule has 6 fully saturated rings. The minimum Gasteiger partial charge on any atom is -0.393 e. The first-order valence-electron chi connectivity index (χ1n) is 13.4. The van der Waals surface area contributed by atoms with Crippen LogP contribution in [0.2, 0.25) is 0 Å². The van der Waals surface area contributed by atoms with Gasteiger partial charge in [0.1, 0.15) is 5.72 Å². The Balaban J connectivity index is 0.00000204. The number of fused-ring (bicyclic) bond motifs is 7. The van der Waals surface area contributed by atoms with Crippen molar-refractivity contribution >= 4 is 12.4 Å². The van der Waals surface area contributed by atoms with Crippen LogP contribution in [0, 0.1) is 52.3 Å². The highest BCUT2D eigenvalue weighted by atomic mass is 35.5. The summed E-state index contributed by atoms with van der Waals surface area (Å²) in [4.78, 5) is 0. The predicted molar refractivity (Wildman–Crippen MR) is 127 cm³/mol. The third-order valence-corrected chi connectivity index (χ3v) is 12.1. The lowest BCUT2D eigenvalue weighted by atomic mass is 9.44. The van der Waals surface area contributed by atoms with E-state index in [-0.39, 0.29) is 24.2 Å². The van der Waals surface area contributed by atoms with Crippen molar-refractivity contribution in [3.05, 3.63) is 0 Å². The Morgan fingerprint density at radius 1 is 0.871 bits per heavy atom. The predicted octanol–water partition coefficient (Wildman–Crippen LogP) is 5.79. The second kappa shape index (κ2) is 7.59. The van der Waals surface area contributed by atoms with Crippen LogP contribution in [0.4, 0.5) is 0 Å². The smallest absolute Gasteiger partial charge is 0.122 e. The van der Waals surface area contributed by atoms with Crippen LogP contribution in [-0.4, -0.2) is 29.6 Å². The minimum atomic E-state index is -0.0320. The fraction of sp³-hybridized carbons (Fsp3) is 1.00. The van der Waals surface area contributed by atoms with Crippen LogP contribution in [0.15, 0.2) is 0 Å². The van der Waals surface area contributed by atoms with E-state index in [1.807, 2.05) is 0 Å². The Labute approximate surface area is 196 Å². The maximum Gasteiger partial charge on any atom is 0.122 e. The van der Waals surface area contributed by atoms with Crippen LogP contribution in [0.5, 0.6) is 0 Å². The van der Waals surface area contributed by atoms with Crippen molar-refractivity contribution in [2.45, 2.75) is 110 Å². The van der Waals surface area contributed by atoms with E-state index in [1.165, 1.54) is 51.4 Å². The van der Waals surface area contributed by atoms with Crippen LogP contribution >= 0.6 is 12.4 Å². The van der Waals surface area contributed by atoms with Gasteiger partial charge in [0.05, 0.1) is 12.2 Å². The SMILES string of the molecule is CC1CC[C@@]2(NC1)OC1CC3C4CC[C@@H]5CC(O)CC[C@@]5(C)C4CC[C@]3(C)C1C2C.Cl. The van der Waals surface area contributed by atoms with Crippen molar-refractivity contribution < 1.29 is 9.84 Å². The summed E-state index contributed by atoms with van der Waals surface area (Å²) in [6.45, 7) is 11.3. The summed E-state index contributed by atoms with van der Waals surface area (Å²) in [7, 11) is 0. The third kappa shape index (κ3) is 3.08. The van der Waals surface area contributed by atoms with E-state index in [1.54, 1.807) is 0 Å². The van der Waals surface area contributed by atoms with E-state index in [4.69, 9.17) is 4.74 Å². The molecule has 4 saturated carbocycles. The zero-order chi connectivity index (χ0) is 20.9. The van der Waals surface area contributed by atoms with Crippen molar-refractivity contribution in [3.8, 4) is 0 Å². The van der Waals surface area contributed by atoms with Crippen LogP contribution in [-0.2, 0) is 4.74 Å². The van der Waals surface area contributed by atoms with Gasteiger partial charge in [0.2, 0.25) is 0 Å². The number of piperidine rings is 1. The molecule has 4 aliphatic carbocycles. The molecule has 1 spiro atoms. The van der Waals surface area contributed by atoms with Crippen LogP contribution in [0.25, 0.3) is 0 Å². The Bertz CT molecular complexity index is 693. The summed E-state index contributed by atoms with van der Waals surface area (Å²) in [6.07, 6.45) is 13.2. The highest BCUT2D eigenvalue weighted by molar-refractivity contribution is 5.85. The number of ether oxygens (including phenoxy) is 1. The molecule has 0 radical (unpaired) electrons. The fourth-order valence-electron chi connectivity index (χ4n) is 10.4. The van der Waals surface area contributed by atoms with Crippen LogP contribution in [0.3, 0.4) is 0 Å². The first kappa shape index (κ1) is 22.9. The molecule has 178 valence electrons. The molecule has 6 aliphatic rings. The van der Waals surface area contributed by atoms with Crippen molar-refractivity contribution in [2.75, 3.05) is 6.54 Å². The first-order valence-corrected chi connectivity index (χ1v) is 13.4. The average molecular weight is 452 g/mol. The number of aliphatic hydroxyl groups is 1. The topological polar surface area (TPSA) is 41.5 Å². The second-order valence-electron chi connectivity index (χ2n) is 13.3. The standard InChI is InChI=1S/C27H45NO2.ClH/c1-16-7-12-27(28-15-16)17(2)24-23(30-27)14-22-20-6-5-18-13-19(29)8-10-25(18,3)21(20)9-11-26(22,24)4;/h16-24,28-29H,5-15H2,1-4H3;1H/t16?,17?,18-,19?,20?,21?,22?,23?,24?,25-,26+,27-;/m1./s1. The summed E-state index contributed by atoms with van der Waals surface area (Å²) >= 11 is 0. The molecule has 12 atom stereocenters. The molecular formula is C27H46ClNO2. The molecule has 6 rings (SSSR count). The van der Waals surface area contributed by atoms with Crippen molar-refractivity contribution in [1.82, 2.24) is 5.32 Å². The van der Waals surface area contributed by atoms with E-state index in [2.05, 4.69) is 33.0 Å². The van der Waals surface area contributed by atoms with E-state index in [0.717, 1.165) is 54.9 Å². The van der Waals surface area contributed by atoms with Gasteiger partial charge in [-0.1, -0.05) is 27.7 Å². The highest BCUT2D eigenvalue weighted by Gasteiger charge is 2.68. The molecule has 0 amide bonds. The minimum absolute atomic E-state index is 0. The van der Waals surface area contributed by atoms with Crippen molar-refractivity contribution in [1.29, 1.82) is 0 Å². The molecule has 0 bridgehead atoms. The quantitative estimate of drug-likeness (QED) is 0.489. The van der Waals surface area contributed by atoms with Crippen LogP contribution < -0.4 is 5.32 Å². The lowest BCUT2D eigenvalue weighted by molar-refractivity contribution is -0.140. The molecule has 0 aromatic heterocycles. The van der Waals surface area contributed by atoms with Gasteiger partial charge in [-0.15, -0.1) is 12.4 Å². The Kier molecular flexibility index (Phi) is 5.61. The van der Waals surface area contributed by atoms with E-state index in [9.17, 15) is 5.11 Å². The van der Waals surface area contributed by atoms with E-state index in [0.29, 0.717) is 22.9 Å². The first-order chi connectivity index (χ1) is 14.3. The maximum absolute atomic E-state index is 10.3. The Hall–Kier alpha value is 0.170. The zero-order valence-corrected chi connectivity index (χ0v) is 21.1. The molecular weight excluding hydrogens is 406 g/mol. The Morgan fingerprint density at radius 3 is 2.39 bits per heavy atom. The van der Waals surface area contributed by atoms with Crippen LogP contribution in [0.1, 0.15) is 91.9 Å². The molecule has 2 heterocycles. The Morgan fingerprint density at radius 2 is 1.65 bits per heavy atom. The number of nitrogens with one attached hydrogen (secondary N) is 1. The molecule has 3 nitrogen and oxygen atoms in total. The number of hydrogen-bond acceptors (Lipinski definition) is 3. The van der Waals surface area contributed by atoms with E-state index >= 15 is 0 Å². The molecule has 8 unspecified atom stereocenters. The summed E-state index contributed by atoms with van der Waals surface area (Å²) in [6, 6.07) is 0. The van der Waals surface area contributed by atoms with Crippen molar-refractivity contribution in [3.63, 3.8) is 0 Å². The highest BCUT2D eigenvalue weighted by Crippen LogP contribution is 2.71. The van der Waals surface area contributed by atoms with Gasteiger partial charge in [0.15, 0.2) is 0 Å². The molecule has 31 heavy (non-hydrogen) atoms. The normalized spacial score (nSPS) is 60.5. The molecule has 2 saturated heterocycles. The van der Waals surface area contributed by atoms with Gasteiger partial charge in [-0.3, -0.25) is 5.32 Å². The lowest BCUT2D eigenvalue weighted by Gasteiger charge is -2.61. The fourth-order valence-corrected chi connectivity index (χ4v) is 10.4. The number of rotatable bonds is 0. The summed E-state index contributed by atoms with van der Waals surface area (Å²) in [5.41, 5.74) is 0.919. The molecule has 4 heteroatoms. The van der Waals surface area contributed by atoms with Crippen molar-refractivity contribution in [2.24, 2.45) is 52.3 Å². The third-order valence-electron chi connectivity index (χ3n) is 12.1. The summed E-state index contributed by atoms with van der Waals surface area (Å²) < 4.78 is 7.01. The van der Waals surface area contributed by atoms with E-state index < -0.39 is 0 Å². The second-order valence-corrected chi connectivity index (χ2v) is 13.3. The van der Waals surface area contributed by atoms with Gasteiger partial charge in [-0.2, -0.15) is 0 Å². The lowest BCUT2D eigenvalue weighted by Crippen LogP contribution is -2.57. The molecule has 0 aromatic rings. The van der Waals surface area contributed by atoms with Gasteiger partial charge in [-0.25, -0.2) is 0 Å². The molecule has 2 aliphatic heterocycles. The number of halogens is 1. The number of hydrogen-bond donors (Lipinski definition) is 2. The monoisotopic (exact) mass is 451 g/mol. The average Bonchev–Trinajstić information content (AvgIpc) is 3.16. The maximum atomic E-state index is 10.3. The van der Waals surface area contributed by atoms with Gasteiger partial charge in [0.25, 0.3) is 0 Å². The largest absolute Gasteiger partial charge is 0.393 e.